The Bertz CT molecular complexity index is 647. The molecule has 1 aliphatic rings. The van der Waals surface area contributed by atoms with E-state index in [1.807, 2.05) is 18.2 Å². The number of ether oxygens (including phenoxy) is 1. The normalized spacial score (nSPS) is 14.9. The van der Waals surface area contributed by atoms with Gasteiger partial charge in [0.2, 0.25) is 0 Å². The maximum absolute atomic E-state index is 6.14. The summed E-state index contributed by atoms with van der Waals surface area (Å²) in [5, 5.41) is 4.33. The first-order chi connectivity index (χ1) is 10.7. The molecule has 22 heavy (non-hydrogen) atoms. The highest BCUT2D eigenvalue weighted by Gasteiger charge is 2.13. The first kappa shape index (κ1) is 15.3. The van der Waals surface area contributed by atoms with E-state index >= 15 is 0 Å². The topological polar surface area (TPSA) is 50.3 Å². The Morgan fingerprint density at radius 2 is 2.00 bits per heavy atom. The molecule has 3 rings (SSSR count). The van der Waals surface area contributed by atoms with Gasteiger partial charge in [-0.15, -0.1) is 0 Å². The summed E-state index contributed by atoms with van der Waals surface area (Å²) in [5.74, 6) is 0.878. The summed E-state index contributed by atoms with van der Waals surface area (Å²) in [5.41, 5.74) is 0.811. The Morgan fingerprint density at radius 3 is 2.82 bits per heavy atom. The third-order valence-electron chi connectivity index (χ3n) is 3.45. The van der Waals surface area contributed by atoms with Crippen molar-refractivity contribution in [1.82, 2.24) is 15.3 Å². The first-order valence-corrected chi connectivity index (χ1v) is 7.84. The molecule has 0 bridgehead atoms. The average Bonchev–Trinajstić information content (AvgIpc) is 2.57. The van der Waals surface area contributed by atoms with Crippen LogP contribution in [0.2, 0.25) is 10.0 Å². The van der Waals surface area contributed by atoms with Crippen molar-refractivity contribution >= 4 is 29.0 Å². The highest BCUT2D eigenvalue weighted by molar-refractivity contribution is 6.42. The third kappa shape index (κ3) is 3.61. The quantitative estimate of drug-likeness (QED) is 0.928. The number of halogens is 2. The maximum Gasteiger partial charge on any atom is 0.318 e. The predicted molar refractivity (Wildman–Crippen MR) is 87.9 cm³/mol. The lowest BCUT2D eigenvalue weighted by Crippen LogP contribution is -2.43. The van der Waals surface area contributed by atoms with Crippen LogP contribution in [0.1, 0.15) is 5.56 Å². The molecule has 1 aliphatic heterocycles. The zero-order valence-corrected chi connectivity index (χ0v) is 13.4. The molecule has 0 aliphatic carbocycles. The number of nitrogens with one attached hydrogen (secondary N) is 1. The molecule has 7 heteroatoms. The van der Waals surface area contributed by atoms with Gasteiger partial charge in [-0.1, -0.05) is 35.3 Å². The van der Waals surface area contributed by atoms with Gasteiger partial charge >= 0.3 is 6.01 Å². The van der Waals surface area contributed by atoms with Crippen molar-refractivity contribution in [2.75, 3.05) is 31.1 Å². The van der Waals surface area contributed by atoms with E-state index in [0.29, 0.717) is 16.1 Å². The second kappa shape index (κ2) is 7.13. The maximum atomic E-state index is 6.14. The molecule has 1 N–H and O–H groups in total. The lowest BCUT2D eigenvalue weighted by Gasteiger charge is -2.28. The van der Waals surface area contributed by atoms with Gasteiger partial charge in [-0.05, 0) is 12.1 Å². The summed E-state index contributed by atoms with van der Waals surface area (Å²) in [7, 11) is 0. The van der Waals surface area contributed by atoms with Crippen LogP contribution in [0.4, 0.5) is 5.82 Å². The summed E-state index contributed by atoms with van der Waals surface area (Å²) in [6, 6.07) is 7.69. The van der Waals surface area contributed by atoms with Crippen LogP contribution in [0.15, 0.2) is 30.5 Å². The van der Waals surface area contributed by atoms with E-state index in [4.69, 9.17) is 27.9 Å². The molecule has 1 saturated heterocycles. The molecule has 2 heterocycles. The van der Waals surface area contributed by atoms with Gasteiger partial charge < -0.3 is 15.0 Å². The fraction of sp³-hybridized carbons (Fsp3) is 0.333. The minimum Gasteiger partial charge on any atom is -0.458 e. The molecule has 0 amide bonds. The lowest BCUT2D eigenvalue weighted by molar-refractivity contribution is 0.281. The molecule has 0 atom stereocenters. The van der Waals surface area contributed by atoms with Gasteiger partial charge in [0.15, 0.2) is 0 Å². The Kier molecular flexibility index (Phi) is 4.97. The fourth-order valence-corrected chi connectivity index (χ4v) is 2.65. The minimum absolute atomic E-state index is 0.282. The minimum atomic E-state index is 0.282. The average molecular weight is 339 g/mol. The van der Waals surface area contributed by atoms with Crippen molar-refractivity contribution in [2.45, 2.75) is 6.61 Å². The molecule has 1 aromatic heterocycles. The Labute approximate surface area is 139 Å². The molecule has 1 aromatic carbocycles. The van der Waals surface area contributed by atoms with E-state index in [9.17, 15) is 0 Å². The van der Waals surface area contributed by atoms with Crippen LogP contribution in [0.25, 0.3) is 0 Å². The van der Waals surface area contributed by atoms with Gasteiger partial charge in [-0.3, -0.25) is 0 Å². The second-order valence-corrected chi connectivity index (χ2v) is 5.72. The smallest absolute Gasteiger partial charge is 0.318 e. The van der Waals surface area contributed by atoms with E-state index in [1.54, 1.807) is 12.3 Å². The highest BCUT2D eigenvalue weighted by Crippen LogP contribution is 2.26. The summed E-state index contributed by atoms with van der Waals surface area (Å²) in [6.45, 7) is 4.05. The lowest BCUT2D eigenvalue weighted by atomic mass is 10.2. The Morgan fingerprint density at radius 1 is 1.18 bits per heavy atom. The molecule has 1 fully saturated rings. The van der Waals surface area contributed by atoms with Crippen LogP contribution in [-0.2, 0) is 6.61 Å². The molecule has 2 aromatic rings. The van der Waals surface area contributed by atoms with Crippen LogP contribution in [0.5, 0.6) is 6.01 Å². The van der Waals surface area contributed by atoms with Crippen LogP contribution in [0, 0.1) is 0 Å². The molecule has 0 unspecified atom stereocenters. The van der Waals surface area contributed by atoms with Gasteiger partial charge in [0, 0.05) is 37.9 Å². The molecular weight excluding hydrogens is 323 g/mol. The SMILES string of the molecule is Clc1cccc(COc2nccc(N3CCNCC3)n2)c1Cl. The summed E-state index contributed by atoms with van der Waals surface area (Å²) in [4.78, 5) is 10.8. The molecule has 0 saturated carbocycles. The molecule has 5 nitrogen and oxygen atoms in total. The van der Waals surface area contributed by atoms with Gasteiger partial charge in [0.25, 0.3) is 0 Å². The van der Waals surface area contributed by atoms with Crippen LogP contribution in [-0.4, -0.2) is 36.1 Å². The monoisotopic (exact) mass is 338 g/mol. The van der Waals surface area contributed by atoms with Crippen LogP contribution in [0.3, 0.4) is 0 Å². The van der Waals surface area contributed by atoms with E-state index in [1.165, 1.54) is 0 Å². The third-order valence-corrected chi connectivity index (χ3v) is 4.31. The fourth-order valence-electron chi connectivity index (χ4n) is 2.27. The standard InChI is InChI=1S/C15H16Cl2N4O/c16-12-3-1-2-11(14(12)17)10-22-15-19-5-4-13(20-15)21-8-6-18-7-9-21/h1-5,18H,6-10H2. The van der Waals surface area contributed by atoms with E-state index in [-0.39, 0.29) is 6.61 Å². The summed E-state index contributed by atoms with van der Waals surface area (Å²) < 4.78 is 5.65. The predicted octanol–water partition coefficient (Wildman–Crippen LogP) is 2.77. The van der Waals surface area contributed by atoms with Crippen LogP contribution >= 0.6 is 23.2 Å². The van der Waals surface area contributed by atoms with Crippen molar-refractivity contribution < 1.29 is 4.74 Å². The Balaban J connectivity index is 1.69. The van der Waals surface area contributed by atoms with Gasteiger partial charge in [0.1, 0.15) is 12.4 Å². The van der Waals surface area contributed by atoms with Crippen molar-refractivity contribution in [1.29, 1.82) is 0 Å². The summed E-state index contributed by atoms with van der Waals surface area (Å²) in [6.07, 6.45) is 1.71. The van der Waals surface area contributed by atoms with E-state index < -0.39 is 0 Å². The number of benzene rings is 1. The van der Waals surface area contributed by atoms with E-state index in [2.05, 4.69) is 20.2 Å². The molecular formula is C15H16Cl2N4O. The number of anilines is 1. The molecule has 0 spiro atoms. The van der Waals surface area contributed by atoms with Gasteiger partial charge in [-0.25, -0.2) is 4.98 Å². The molecule has 116 valence electrons. The zero-order chi connectivity index (χ0) is 15.4. The number of piperazine rings is 1. The van der Waals surface area contributed by atoms with Crippen molar-refractivity contribution in [3.05, 3.63) is 46.1 Å². The van der Waals surface area contributed by atoms with Crippen molar-refractivity contribution in [3.63, 3.8) is 0 Å². The number of aromatic nitrogens is 2. The zero-order valence-electron chi connectivity index (χ0n) is 11.9. The summed E-state index contributed by atoms with van der Waals surface area (Å²) >= 11 is 12.1. The largest absolute Gasteiger partial charge is 0.458 e. The van der Waals surface area contributed by atoms with E-state index in [0.717, 1.165) is 37.6 Å². The van der Waals surface area contributed by atoms with Gasteiger partial charge in [-0.2, -0.15) is 4.98 Å². The number of hydrogen-bond acceptors (Lipinski definition) is 5. The second-order valence-electron chi connectivity index (χ2n) is 4.94. The Hall–Kier alpha value is -1.56. The number of nitrogens with zero attached hydrogens (tertiary/aromatic N) is 3. The first-order valence-electron chi connectivity index (χ1n) is 7.08. The highest BCUT2D eigenvalue weighted by atomic mass is 35.5. The number of rotatable bonds is 4. The van der Waals surface area contributed by atoms with Crippen molar-refractivity contribution in [3.8, 4) is 6.01 Å². The number of hydrogen-bond donors (Lipinski definition) is 1. The van der Waals surface area contributed by atoms with Crippen molar-refractivity contribution in [2.24, 2.45) is 0 Å². The van der Waals surface area contributed by atoms with Crippen LogP contribution < -0.4 is 15.0 Å². The van der Waals surface area contributed by atoms with Gasteiger partial charge in [0.05, 0.1) is 10.0 Å². The molecule has 0 radical (unpaired) electrons.